The number of ether oxygens (including phenoxy) is 6. The molecular formula is C21H37NO15. The molecule has 0 radical (unpaired) electrons. The fourth-order valence-corrected chi connectivity index (χ4v) is 4.58. The third-order valence-corrected chi connectivity index (χ3v) is 6.67. The Labute approximate surface area is 212 Å². The van der Waals surface area contributed by atoms with Gasteiger partial charge >= 0.3 is 0 Å². The van der Waals surface area contributed by atoms with E-state index >= 15 is 0 Å². The molecule has 9 N–H and O–H groups in total. The molecule has 3 heterocycles. The van der Waals surface area contributed by atoms with E-state index in [9.17, 15) is 45.6 Å². The van der Waals surface area contributed by atoms with Gasteiger partial charge in [0.1, 0.15) is 67.1 Å². The largest absolute Gasteiger partial charge is 0.394 e. The number of carbonyl (C=O) groups excluding carboxylic acids is 1. The summed E-state index contributed by atoms with van der Waals surface area (Å²) in [5.74, 6) is -0.549. The Hall–Kier alpha value is -1.09. The highest BCUT2D eigenvalue weighted by Gasteiger charge is 2.54. The lowest BCUT2D eigenvalue weighted by Gasteiger charge is -2.50. The van der Waals surface area contributed by atoms with Crippen molar-refractivity contribution < 1.29 is 74.1 Å². The SMILES string of the molecule is CO[C@H]1O[C@H](CO)[C@@H](O[C@@H]2O[C@H](CO)[C@H](O)[C@H](O)[C@H]2O)[C@H](O[C@@H]2O[C@@H](C)[C@@H](O)[C@@H](O)[C@@H]2O)[C@H]1NC(C)=O. The average Bonchev–Trinajstić information content (AvgIpc) is 2.87. The molecule has 0 saturated carbocycles. The van der Waals surface area contributed by atoms with E-state index in [4.69, 9.17) is 28.4 Å². The van der Waals surface area contributed by atoms with Crippen LogP contribution in [0.4, 0.5) is 0 Å². The van der Waals surface area contributed by atoms with Gasteiger partial charge < -0.3 is 74.6 Å². The second-order valence-corrected chi connectivity index (χ2v) is 9.27. The highest BCUT2D eigenvalue weighted by atomic mass is 16.8. The van der Waals surface area contributed by atoms with Crippen LogP contribution in [0.25, 0.3) is 0 Å². The maximum Gasteiger partial charge on any atom is 0.217 e. The quantitative estimate of drug-likeness (QED) is 0.138. The molecule has 15 atom stereocenters. The molecule has 0 unspecified atom stereocenters. The summed E-state index contributed by atoms with van der Waals surface area (Å²) in [6, 6.07) is -1.17. The molecule has 0 spiro atoms. The molecule has 0 aromatic heterocycles. The molecule has 0 bridgehead atoms. The number of aliphatic hydroxyl groups is 8. The summed E-state index contributed by atoms with van der Waals surface area (Å²) in [5, 5.41) is 83.5. The lowest BCUT2D eigenvalue weighted by atomic mass is 9.94. The first-order chi connectivity index (χ1) is 17.4. The number of hydrogen-bond donors (Lipinski definition) is 9. The second-order valence-electron chi connectivity index (χ2n) is 9.27. The van der Waals surface area contributed by atoms with Crippen LogP contribution in [0.5, 0.6) is 0 Å². The smallest absolute Gasteiger partial charge is 0.217 e. The van der Waals surface area contributed by atoms with Crippen molar-refractivity contribution in [2.24, 2.45) is 0 Å². The lowest BCUT2D eigenvalue weighted by molar-refractivity contribution is -0.372. The zero-order chi connectivity index (χ0) is 27.6. The van der Waals surface area contributed by atoms with Gasteiger partial charge in [0, 0.05) is 14.0 Å². The number of aliphatic hydroxyl groups excluding tert-OH is 8. The van der Waals surface area contributed by atoms with Crippen LogP contribution in [0.3, 0.4) is 0 Å². The van der Waals surface area contributed by atoms with E-state index in [1.807, 2.05) is 0 Å². The Kier molecular flexibility index (Phi) is 10.6. The van der Waals surface area contributed by atoms with Gasteiger partial charge in [0.05, 0.1) is 19.3 Å². The van der Waals surface area contributed by atoms with Crippen molar-refractivity contribution in [3.63, 3.8) is 0 Å². The van der Waals surface area contributed by atoms with Gasteiger partial charge in [-0.15, -0.1) is 0 Å². The van der Waals surface area contributed by atoms with E-state index < -0.39 is 111 Å². The number of hydrogen-bond acceptors (Lipinski definition) is 15. The molecule has 16 nitrogen and oxygen atoms in total. The first-order valence-electron chi connectivity index (χ1n) is 11.8. The zero-order valence-electron chi connectivity index (χ0n) is 20.5. The second kappa shape index (κ2) is 12.8. The number of amides is 1. The number of nitrogens with one attached hydrogen (secondary N) is 1. The van der Waals surface area contributed by atoms with Gasteiger partial charge in [-0.05, 0) is 6.92 Å². The van der Waals surface area contributed by atoms with E-state index in [2.05, 4.69) is 5.32 Å². The minimum absolute atomic E-state index is 0.549. The minimum Gasteiger partial charge on any atom is -0.394 e. The number of rotatable bonds is 8. The highest BCUT2D eigenvalue weighted by Crippen LogP contribution is 2.33. The maximum absolute atomic E-state index is 12.0. The fourth-order valence-electron chi connectivity index (χ4n) is 4.58. The van der Waals surface area contributed by atoms with Gasteiger partial charge in [-0.3, -0.25) is 4.79 Å². The Morgan fingerprint density at radius 3 is 1.78 bits per heavy atom. The van der Waals surface area contributed by atoms with Crippen molar-refractivity contribution in [3.8, 4) is 0 Å². The van der Waals surface area contributed by atoms with Crippen LogP contribution in [-0.4, -0.2) is 159 Å². The van der Waals surface area contributed by atoms with E-state index in [0.29, 0.717) is 0 Å². The van der Waals surface area contributed by atoms with Gasteiger partial charge in [0.15, 0.2) is 18.9 Å². The van der Waals surface area contributed by atoms with Crippen LogP contribution in [0.2, 0.25) is 0 Å². The van der Waals surface area contributed by atoms with E-state index in [0.717, 1.165) is 0 Å². The molecule has 16 heteroatoms. The molecule has 0 aliphatic carbocycles. The van der Waals surface area contributed by atoms with Crippen LogP contribution in [0.1, 0.15) is 13.8 Å². The Bertz CT molecular complexity index is 745. The van der Waals surface area contributed by atoms with Crippen LogP contribution in [0, 0.1) is 0 Å². The third kappa shape index (κ3) is 6.39. The topological polar surface area (TPSA) is 246 Å². The zero-order valence-corrected chi connectivity index (χ0v) is 20.5. The van der Waals surface area contributed by atoms with Crippen LogP contribution < -0.4 is 5.32 Å². The third-order valence-electron chi connectivity index (χ3n) is 6.67. The van der Waals surface area contributed by atoms with Gasteiger partial charge in [-0.1, -0.05) is 0 Å². The Morgan fingerprint density at radius 2 is 1.24 bits per heavy atom. The van der Waals surface area contributed by atoms with Crippen LogP contribution in [-0.2, 0) is 33.2 Å². The van der Waals surface area contributed by atoms with Crippen molar-refractivity contribution >= 4 is 5.91 Å². The molecule has 0 aromatic carbocycles. The summed E-state index contributed by atoms with van der Waals surface area (Å²) in [6.07, 6.45) is -20.8. The number of carbonyl (C=O) groups is 1. The summed E-state index contributed by atoms with van der Waals surface area (Å²) in [7, 11) is 1.26. The molecule has 0 aromatic rings. The standard InChI is InChI=1S/C21H37NO15/c1-6-11(26)13(28)15(30)20(33-6)37-18-10(22-7(2)25)19(32-3)35-9(5-24)17(18)36-21-16(31)14(29)12(27)8(4-23)34-21/h6,8-21,23-24,26-31H,4-5H2,1-3H3,(H,22,25)/t6-,8+,9+,10+,11+,12-,13+,14-,15-,16+,17+,18+,19-,20-,21-/m0/s1. The van der Waals surface area contributed by atoms with Gasteiger partial charge in [-0.25, -0.2) is 0 Å². The predicted octanol–water partition coefficient (Wildman–Crippen LogP) is -5.75. The molecule has 3 saturated heterocycles. The van der Waals surface area contributed by atoms with E-state index in [-0.39, 0.29) is 0 Å². The van der Waals surface area contributed by atoms with Crippen molar-refractivity contribution in [1.82, 2.24) is 5.32 Å². The minimum atomic E-state index is -1.81. The summed E-state index contributed by atoms with van der Waals surface area (Å²) in [4.78, 5) is 12.0. The molecule has 1 amide bonds. The Morgan fingerprint density at radius 1 is 0.730 bits per heavy atom. The van der Waals surface area contributed by atoms with Crippen LogP contribution in [0.15, 0.2) is 0 Å². The first-order valence-corrected chi connectivity index (χ1v) is 11.8. The van der Waals surface area contributed by atoms with Crippen molar-refractivity contribution in [2.45, 2.75) is 106 Å². The molecule has 3 fully saturated rings. The van der Waals surface area contributed by atoms with Gasteiger partial charge in [-0.2, -0.15) is 0 Å². The van der Waals surface area contributed by atoms with Crippen molar-refractivity contribution in [3.05, 3.63) is 0 Å². The normalized spacial score (nSPS) is 49.0. The molecule has 3 rings (SSSR count). The van der Waals surface area contributed by atoms with Gasteiger partial charge in [0.25, 0.3) is 0 Å². The Balaban J connectivity index is 1.95. The maximum atomic E-state index is 12.0. The highest BCUT2D eigenvalue weighted by molar-refractivity contribution is 5.73. The molecular weight excluding hydrogens is 506 g/mol. The summed E-state index contributed by atoms with van der Waals surface area (Å²) >= 11 is 0. The lowest BCUT2D eigenvalue weighted by Crippen LogP contribution is -2.69. The molecule has 3 aliphatic heterocycles. The fraction of sp³-hybridized carbons (Fsp3) is 0.952. The van der Waals surface area contributed by atoms with E-state index in [1.165, 1.54) is 21.0 Å². The molecule has 3 aliphatic rings. The molecule has 216 valence electrons. The van der Waals surface area contributed by atoms with Crippen molar-refractivity contribution in [2.75, 3.05) is 20.3 Å². The number of methoxy groups -OCH3 is 1. The summed E-state index contributed by atoms with van der Waals surface area (Å²) in [5.41, 5.74) is 0. The van der Waals surface area contributed by atoms with E-state index in [1.54, 1.807) is 0 Å². The monoisotopic (exact) mass is 543 g/mol. The predicted molar refractivity (Wildman–Crippen MR) is 116 cm³/mol. The van der Waals surface area contributed by atoms with Crippen LogP contribution >= 0.6 is 0 Å². The molecule has 37 heavy (non-hydrogen) atoms. The summed E-state index contributed by atoms with van der Waals surface area (Å²) in [6.45, 7) is 1.21. The average molecular weight is 544 g/mol. The van der Waals surface area contributed by atoms with Crippen molar-refractivity contribution in [1.29, 1.82) is 0 Å². The first kappa shape index (κ1) is 30.5. The van der Waals surface area contributed by atoms with Gasteiger partial charge in [0.2, 0.25) is 5.91 Å². The summed E-state index contributed by atoms with van der Waals surface area (Å²) < 4.78 is 33.7.